The second-order valence-electron chi connectivity index (χ2n) is 7.44. The Morgan fingerprint density at radius 1 is 1.00 bits per heavy atom. The van der Waals surface area contributed by atoms with Crippen LogP contribution in [0, 0.1) is 11.6 Å². The quantitative estimate of drug-likeness (QED) is 0.459. The third-order valence-electron chi connectivity index (χ3n) is 5.43. The molecular formula is C23H14F2O5. The van der Waals surface area contributed by atoms with Crippen LogP contribution >= 0.6 is 0 Å². The molecule has 2 aromatic rings. The van der Waals surface area contributed by atoms with Crippen molar-refractivity contribution in [3.8, 4) is 28.2 Å². The molecule has 2 aromatic carbocycles. The van der Waals surface area contributed by atoms with E-state index >= 15 is 0 Å². The highest BCUT2D eigenvalue weighted by atomic mass is 19.1. The summed E-state index contributed by atoms with van der Waals surface area (Å²) in [6.07, 6.45) is 1.97. The smallest absolute Gasteiger partial charge is 0.336 e. The molecular weight excluding hydrogens is 394 g/mol. The maximum absolute atomic E-state index is 14.2. The lowest BCUT2D eigenvalue weighted by atomic mass is 9.89. The van der Waals surface area contributed by atoms with E-state index in [1.807, 2.05) is 0 Å². The molecule has 0 atom stereocenters. The van der Waals surface area contributed by atoms with Gasteiger partial charge in [-0.15, -0.1) is 0 Å². The molecule has 5 rings (SSSR count). The van der Waals surface area contributed by atoms with Gasteiger partial charge in [0, 0.05) is 28.6 Å². The third kappa shape index (κ3) is 2.82. The van der Waals surface area contributed by atoms with E-state index in [4.69, 9.17) is 4.42 Å². The normalized spacial score (nSPS) is 13.8. The number of phenols is 1. The second-order valence-corrected chi connectivity index (χ2v) is 7.44. The molecule has 5 nitrogen and oxygen atoms in total. The molecule has 3 aliphatic rings. The van der Waals surface area contributed by atoms with Crippen LogP contribution in [0.5, 0.6) is 5.75 Å². The summed E-state index contributed by atoms with van der Waals surface area (Å²) in [5.74, 6) is -3.52. The predicted molar refractivity (Wildman–Crippen MR) is 105 cm³/mol. The fourth-order valence-electron chi connectivity index (χ4n) is 3.82. The summed E-state index contributed by atoms with van der Waals surface area (Å²) in [5.41, 5.74) is 0.585. The minimum Gasteiger partial charge on any atom is -0.505 e. The molecule has 30 heavy (non-hydrogen) atoms. The minimum absolute atomic E-state index is 0.00230. The first-order valence-electron chi connectivity index (χ1n) is 9.29. The Kier molecular flexibility index (Phi) is 3.89. The van der Waals surface area contributed by atoms with Crippen LogP contribution in [-0.2, 0) is 0 Å². The summed E-state index contributed by atoms with van der Waals surface area (Å²) >= 11 is 0. The Morgan fingerprint density at radius 3 is 2.47 bits per heavy atom. The van der Waals surface area contributed by atoms with Gasteiger partial charge in [0.25, 0.3) is 0 Å². The fraction of sp³-hybridized carbons (Fsp3) is 0.130. The summed E-state index contributed by atoms with van der Waals surface area (Å²) in [5, 5.41) is 19.7. The molecule has 7 heteroatoms. The van der Waals surface area contributed by atoms with Crippen LogP contribution in [0.15, 0.2) is 51.7 Å². The molecule has 0 unspecified atom stereocenters. The van der Waals surface area contributed by atoms with E-state index < -0.39 is 28.8 Å². The van der Waals surface area contributed by atoms with E-state index in [0.717, 1.165) is 42.7 Å². The monoisotopic (exact) mass is 408 g/mol. The van der Waals surface area contributed by atoms with Gasteiger partial charge in [-0.05, 0) is 48.1 Å². The molecule has 1 aliphatic heterocycles. The van der Waals surface area contributed by atoms with Gasteiger partial charge < -0.3 is 14.6 Å². The van der Waals surface area contributed by atoms with Gasteiger partial charge in [0.2, 0.25) is 5.43 Å². The number of carboxylic acid groups (broad SMARTS) is 1. The van der Waals surface area contributed by atoms with Gasteiger partial charge in [0.1, 0.15) is 11.3 Å². The second kappa shape index (κ2) is 6.38. The van der Waals surface area contributed by atoms with E-state index in [2.05, 4.69) is 0 Å². The maximum atomic E-state index is 14.2. The van der Waals surface area contributed by atoms with E-state index in [1.54, 1.807) is 18.2 Å². The largest absolute Gasteiger partial charge is 0.505 e. The number of carboxylic acids is 1. The van der Waals surface area contributed by atoms with Crippen molar-refractivity contribution < 1.29 is 28.2 Å². The first kappa shape index (κ1) is 18.3. The number of hydrogen-bond donors (Lipinski definition) is 2. The van der Waals surface area contributed by atoms with Crippen LogP contribution in [0.2, 0.25) is 0 Å². The van der Waals surface area contributed by atoms with Crippen molar-refractivity contribution in [3.05, 3.63) is 75.4 Å². The van der Waals surface area contributed by atoms with Crippen LogP contribution in [0.3, 0.4) is 0 Å². The standard InChI is InChI=1S/C23H14F2O5/c24-16-6-14-20(8-18(16)26)30-21-9-19(27)17(25)7-15(21)22(14)12-4-3-11(10-1-2-10)5-13(12)23(28)29/h3-10,26H,1-2H2,(H,28,29). The molecule has 0 bridgehead atoms. The molecule has 0 aromatic heterocycles. The molecule has 2 N–H and O–H groups in total. The molecule has 0 saturated heterocycles. The van der Waals surface area contributed by atoms with Crippen LogP contribution in [0.4, 0.5) is 8.78 Å². The molecule has 0 amide bonds. The number of halogens is 2. The highest BCUT2D eigenvalue weighted by Crippen LogP contribution is 2.45. The average Bonchev–Trinajstić information content (AvgIpc) is 3.54. The third-order valence-corrected chi connectivity index (χ3v) is 5.43. The Balaban J connectivity index is 1.94. The fourth-order valence-corrected chi connectivity index (χ4v) is 3.82. The molecule has 0 spiro atoms. The van der Waals surface area contributed by atoms with Crippen molar-refractivity contribution in [1.29, 1.82) is 0 Å². The average molecular weight is 408 g/mol. The van der Waals surface area contributed by atoms with Gasteiger partial charge in [0.15, 0.2) is 17.4 Å². The topological polar surface area (TPSA) is 87.7 Å². The summed E-state index contributed by atoms with van der Waals surface area (Å²) in [4.78, 5) is 23.8. The van der Waals surface area contributed by atoms with Crippen molar-refractivity contribution in [1.82, 2.24) is 0 Å². The molecule has 2 aliphatic carbocycles. The number of benzene rings is 3. The Hall–Kier alpha value is -3.74. The van der Waals surface area contributed by atoms with Crippen LogP contribution in [-0.4, -0.2) is 16.2 Å². The molecule has 1 heterocycles. The lowest BCUT2D eigenvalue weighted by Gasteiger charge is -2.17. The van der Waals surface area contributed by atoms with E-state index in [-0.39, 0.29) is 39.0 Å². The van der Waals surface area contributed by atoms with Gasteiger partial charge >= 0.3 is 5.97 Å². The van der Waals surface area contributed by atoms with Crippen molar-refractivity contribution in [2.24, 2.45) is 0 Å². The lowest BCUT2D eigenvalue weighted by molar-refractivity contribution is 0.0697. The molecule has 1 saturated carbocycles. The van der Waals surface area contributed by atoms with Crippen LogP contribution < -0.4 is 5.43 Å². The zero-order valence-electron chi connectivity index (χ0n) is 15.4. The summed E-state index contributed by atoms with van der Waals surface area (Å²) in [7, 11) is 0. The first-order valence-corrected chi connectivity index (χ1v) is 9.29. The van der Waals surface area contributed by atoms with Crippen molar-refractivity contribution >= 4 is 16.9 Å². The first-order chi connectivity index (χ1) is 14.3. The Bertz CT molecular complexity index is 1380. The van der Waals surface area contributed by atoms with Crippen molar-refractivity contribution in [2.75, 3.05) is 0 Å². The number of hydrogen-bond acceptors (Lipinski definition) is 4. The van der Waals surface area contributed by atoms with Gasteiger partial charge in [-0.25, -0.2) is 13.6 Å². The van der Waals surface area contributed by atoms with E-state index in [1.165, 1.54) is 0 Å². The van der Waals surface area contributed by atoms with Gasteiger partial charge in [0.05, 0.1) is 5.56 Å². The van der Waals surface area contributed by atoms with Crippen LogP contribution in [0.25, 0.3) is 33.4 Å². The Labute approximate surface area is 168 Å². The summed E-state index contributed by atoms with van der Waals surface area (Å²) in [6, 6.07) is 8.95. The van der Waals surface area contributed by atoms with Crippen molar-refractivity contribution in [3.63, 3.8) is 0 Å². The van der Waals surface area contributed by atoms with Gasteiger partial charge in [-0.1, -0.05) is 12.1 Å². The van der Waals surface area contributed by atoms with E-state index in [9.17, 15) is 28.6 Å². The van der Waals surface area contributed by atoms with Gasteiger partial charge in [-0.3, -0.25) is 4.79 Å². The Morgan fingerprint density at radius 2 is 1.77 bits per heavy atom. The van der Waals surface area contributed by atoms with Crippen LogP contribution in [0.1, 0.15) is 34.7 Å². The SMILES string of the molecule is O=C(O)c1cc(C2CC2)ccc1-c1c2cc(F)c(=O)cc-2oc2cc(O)c(F)cc12. The highest BCUT2D eigenvalue weighted by Gasteiger charge is 2.28. The number of aromatic hydroxyl groups is 1. The number of fused-ring (bicyclic) bond motifs is 2. The lowest BCUT2D eigenvalue weighted by Crippen LogP contribution is -2.08. The predicted octanol–water partition coefficient (Wildman–Crippen LogP) is 5.12. The minimum atomic E-state index is -1.19. The number of rotatable bonds is 3. The number of phenolic OH excluding ortho intramolecular Hbond substituents is 1. The van der Waals surface area contributed by atoms with E-state index in [0.29, 0.717) is 5.92 Å². The number of carbonyl (C=O) groups is 1. The van der Waals surface area contributed by atoms with Gasteiger partial charge in [-0.2, -0.15) is 0 Å². The zero-order chi connectivity index (χ0) is 21.2. The number of aromatic carboxylic acids is 1. The highest BCUT2D eigenvalue weighted by molar-refractivity contribution is 6.07. The maximum Gasteiger partial charge on any atom is 0.336 e. The van der Waals surface area contributed by atoms with Crippen molar-refractivity contribution in [2.45, 2.75) is 18.8 Å². The molecule has 1 fully saturated rings. The summed E-state index contributed by atoms with van der Waals surface area (Å²) < 4.78 is 33.9. The zero-order valence-corrected chi connectivity index (χ0v) is 15.4. The summed E-state index contributed by atoms with van der Waals surface area (Å²) in [6.45, 7) is 0. The molecule has 0 radical (unpaired) electrons. The molecule has 150 valence electrons.